The molecule has 6 heteroatoms. The Morgan fingerprint density at radius 3 is 2.67 bits per heavy atom. The van der Waals surface area contributed by atoms with Crippen molar-refractivity contribution < 1.29 is 14.4 Å². The molecule has 66 valence electrons. The molecule has 0 aromatic rings. The van der Waals surface area contributed by atoms with Gasteiger partial charge in [-0.1, -0.05) is 0 Å². The number of urea groups is 1. The standard InChI is InChI=1S/C6H9N3O3/c1-7-4(10)2-3-5(11)9-6(12)8-3/h3H,2H2,1H3,(H,7,10)(H2,8,9,11,12)/t3-/m0/s1. The number of amides is 4. The van der Waals surface area contributed by atoms with E-state index in [1.54, 1.807) is 0 Å². The summed E-state index contributed by atoms with van der Waals surface area (Å²) in [6.07, 6.45) is -0.0198. The number of imide groups is 1. The predicted octanol–water partition coefficient (Wildman–Crippen LogP) is -1.67. The van der Waals surface area contributed by atoms with E-state index in [2.05, 4.69) is 10.6 Å². The highest BCUT2D eigenvalue weighted by Crippen LogP contribution is 1.97. The predicted molar refractivity (Wildman–Crippen MR) is 39.1 cm³/mol. The van der Waals surface area contributed by atoms with Gasteiger partial charge in [-0.25, -0.2) is 4.79 Å². The molecule has 0 radical (unpaired) electrons. The van der Waals surface area contributed by atoms with E-state index in [1.807, 2.05) is 5.32 Å². The largest absolute Gasteiger partial charge is 0.359 e. The first-order valence-corrected chi connectivity index (χ1v) is 3.45. The van der Waals surface area contributed by atoms with Gasteiger partial charge in [0.2, 0.25) is 5.91 Å². The molecule has 0 unspecified atom stereocenters. The summed E-state index contributed by atoms with van der Waals surface area (Å²) in [5.74, 6) is -0.735. The van der Waals surface area contributed by atoms with Gasteiger partial charge in [-0.3, -0.25) is 14.9 Å². The lowest BCUT2D eigenvalue weighted by Crippen LogP contribution is -2.34. The third-order valence-corrected chi connectivity index (χ3v) is 1.53. The SMILES string of the molecule is CNC(=O)C[C@@H]1NC(=O)NC1=O. The van der Waals surface area contributed by atoms with Crippen LogP contribution in [0.5, 0.6) is 0 Å². The summed E-state index contributed by atoms with van der Waals surface area (Å²) in [7, 11) is 1.47. The van der Waals surface area contributed by atoms with Gasteiger partial charge in [-0.15, -0.1) is 0 Å². The van der Waals surface area contributed by atoms with Crippen LogP contribution in [0, 0.1) is 0 Å². The molecule has 0 aliphatic carbocycles. The van der Waals surface area contributed by atoms with Gasteiger partial charge in [0.15, 0.2) is 0 Å². The van der Waals surface area contributed by atoms with Gasteiger partial charge < -0.3 is 10.6 Å². The van der Waals surface area contributed by atoms with Crippen LogP contribution < -0.4 is 16.0 Å². The number of carbonyl (C=O) groups is 3. The third-order valence-electron chi connectivity index (χ3n) is 1.53. The van der Waals surface area contributed by atoms with E-state index in [0.29, 0.717) is 0 Å². The molecule has 4 amide bonds. The van der Waals surface area contributed by atoms with Crippen LogP contribution in [-0.4, -0.2) is 30.9 Å². The van der Waals surface area contributed by atoms with Crippen LogP contribution in [0.3, 0.4) is 0 Å². The Kier molecular flexibility index (Phi) is 2.27. The minimum atomic E-state index is -0.725. The first kappa shape index (κ1) is 8.51. The Hall–Kier alpha value is -1.59. The second-order valence-corrected chi connectivity index (χ2v) is 2.39. The van der Waals surface area contributed by atoms with Crippen molar-refractivity contribution in [3.63, 3.8) is 0 Å². The van der Waals surface area contributed by atoms with Crippen LogP contribution in [0.2, 0.25) is 0 Å². The Morgan fingerprint density at radius 2 is 2.25 bits per heavy atom. The lowest BCUT2D eigenvalue weighted by Gasteiger charge is -2.04. The Balaban J connectivity index is 2.48. The number of nitrogens with one attached hydrogen (secondary N) is 3. The maximum Gasteiger partial charge on any atom is 0.322 e. The van der Waals surface area contributed by atoms with Gasteiger partial charge in [-0.05, 0) is 0 Å². The summed E-state index contributed by atoms with van der Waals surface area (Å²) in [6.45, 7) is 0. The molecule has 1 atom stereocenters. The molecule has 6 nitrogen and oxygen atoms in total. The highest BCUT2D eigenvalue weighted by atomic mass is 16.2. The molecule has 1 rings (SSSR count). The molecule has 1 aliphatic heterocycles. The number of hydrogen-bond donors (Lipinski definition) is 3. The van der Waals surface area contributed by atoms with Crippen molar-refractivity contribution in [1.29, 1.82) is 0 Å². The molecule has 0 saturated carbocycles. The Bertz CT molecular complexity index is 238. The van der Waals surface area contributed by atoms with Crippen LogP contribution >= 0.6 is 0 Å². The van der Waals surface area contributed by atoms with E-state index in [9.17, 15) is 14.4 Å². The first-order valence-electron chi connectivity index (χ1n) is 3.45. The molecular formula is C6H9N3O3. The summed E-state index contributed by atoms with van der Waals surface area (Å²) in [5, 5.41) is 6.69. The molecule has 0 spiro atoms. The molecule has 1 fully saturated rings. The van der Waals surface area contributed by atoms with Gasteiger partial charge in [0.1, 0.15) is 6.04 Å². The summed E-state index contributed by atoms with van der Waals surface area (Å²) in [4.78, 5) is 32.2. The van der Waals surface area contributed by atoms with E-state index < -0.39 is 18.0 Å². The Labute approximate surface area is 68.7 Å². The van der Waals surface area contributed by atoms with Crippen LogP contribution in [0.25, 0.3) is 0 Å². The minimum Gasteiger partial charge on any atom is -0.359 e. The Morgan fingerprint density at radius 1 is 1.58 bits per heavy atom. The van der Waals surface area contributed by atoms with Crippen LogP contribution in [-0.2, 0) is 9.59 Å². The smallest absolute Gasteiger partial charge is 0.322 e. The first-order chi connectivity index (χ1) is 5.63. The summed E-state index contributed by atoms with van der Waals surface area (Å²) < 4.78 is 0. The van der Waals surface area contributed by atoms with Crippen LogP contribution in [0.15, 0.2) is 0 Å². The fraction of sp³-hybridized carbons (Fsp3) is 0.500. The molecule has 12 heavy (non-hydrogen) atoms. The highest BCUT2D eigenvalue weighted by Gasteiger charge is 2.30. The number of carbonyl (C=O) groups excluding carboxylic acids is 3. The van der Waals surface area contributed by atoms with Crippen LogP contribution in [0.1, 0.15) is 6.42 Å². The minimum absolute atomic E-state index is 0.0198. The average Bonchev–Trinajstić information content (AvgIpc) is 2.30. The lowest BCUT2D eigenvalue weighted by molar-refractivity contribution is -0.126. The van der Waals surface area contributed by atoms with Crippen molar-refractivity contribution in [1.82, 2.24) is 16.0 Å². The number of hydrogen-bond acceptors (Lipinski definition) is 3. The maximum absolute atomic E-state index is 10.9. The van der Waals surface area contributed by atoms with E-state index in [0.717, 1.165) is 0 Å². The fourth-order valence-electron chi connectivity index (χ4n) is 0.890. The average molecular weight is 171 g/mol. The molecule has 3 N–H and O–H groups in total. The molecule has 0 aromatic heterocycles. The summed E-state index contributed by atoms with van der Waals surface area (Å²) in [5.41, 5.74) is 0. The zero-order valence-corrected chi connectivity index (χ0v) is 6.51. The highest BCUT2D eigenvalue weighted by molar-refractivity contribution is 6.05. The molecule has 1 heterocycles. The lowest BCUT2D eigenvalue weighted by atomic mass is 10.2. The van der Waals surface area contributed by atoms with Crippen molar-refractivity contribution in [3.05, 3.63) is 0 Å². The normalized spacial score (nSPS) is 21.6. The zero-order chi connectivity index (χ0) is 9.14. The zero-order valence-electron chi connectivity index (χ0n) is 6.51. The van der Waals surface area contributed by atoms with Crippen molar-refractivity contribution in [2.24, 2.45) is 0 Å². The van der Waals surface area contributed by atoms with E-state index >= 15 is 0 Å². The maximum atomic E-state index is 10.9. The van der Waals surface area contributed by atoms with E-state index in [4.69, 9.17) is 0 Å². The van der Waals surface area contributed by atoms with E-state index in [1.165, 1.54) is 7.05 Å². The second kappa shape index (κ2) is 3.21. The van der Waals surface area contributed by atoms with Gasteiger partial charge >= 0.3 is 6.03 Å². The van der Waals surface area contributed by atoms with Crippen molar-refractivity contribution >= 4 is 17.8 Å². The van der Waals surface area contributed by atoms with E-state index in [-0.39, 0.29) is 12.3 Å². The molecule has 1 aliphatic rings. The summed E-state index contributed by atoms with van der Waals surface area (Å²) in [6, 6.07) is -1.27. The topological polar surface area (TPSA) is 87.3 Å². The number of rotatable bonds is 2. The fourth-order valence-corrected chi connectivity index (χ4v) is 0.890. The van der Waals surface area contributed by atoms with Crippen molar-refractivity contribution in [2.45, 2.75) is 12.5 Å². The molecule has 0 bridgehead atoms. The third kappa shape index (κ3) is 1.71. The van der Waals surface area contributed by atoms with Crippen molar-refractivity contribution in [3.8, 4) is 0 Å². The van der Waals surface area contributed by atoms with Crippen LogP contribution in [0.4, 0.5) is 4.79 Å². The van der Waals surface area contributed by atoms with Gasteiger partial charge in [0, 0.05) is 7.05 Å². The monoisotopic (exact) mass is 171 g/mol. The molecule has 1 saturated heterocycles. The summed E-state index contributed by atoms with van der Waals surface area (Å²) >= 11 is 0. The molecule has 0 aromatic carbocycles. The van der Waals surface area contributed by atoms with Crippen molar-refractivity contribution in [2.75, 3.05) is 7.05 Å². The van der Waals surface area contributed by atoms with Gasteiger partial charge in [0.05, 0.1) is 6.42 Å². The molecular weight excluding hydrogens is 162 g/mol. The van der Waals surface area contributed by atoms with Gasteiger partial charge in [0.25, 0.3) is 5.91 Å². The quantitative estimate of drug-likeness (QED) is 0.434. The second-order valence-electron chi connectivity index (χ2n) is 2.39. The van der Waals surface area contributed by atoms with Gasteiger partial charge in [-0.2, -0.15) is 0 Å².